The number of oxazole rings is 1. The van der Waals surface area contributed by atoms with Crippen molar-refractivity contribution in [2.45, 2.75) is 19.5 Å². The van der Waals surface area contributed by atoms with Crippen molar-refractivity contribution in [3.8, 4) is 11.8 Å². The molecule has 0 spiro atoms. The summed E-state index contributed by atoms with van der Waals surface area (Å²) in [7, 11) is 1.74. The quantitative estimate of drug-likeness (QED) is 0.470. The summed E-state index contributed by atoms with van der Waals surface area (Å²) in [4.78, 5) is 32.5. The maximum absolute atomic E-state index is 13.2. The molecule has 0 saturated heterocycles. The van der Waals surface area contributed by atoms with Crippen molar-refractivity contribution < 1.29 is 4.42 Å². The molecule has 1 aliphatic heterocycles. The molecule has 2 aromatic heterocycles. The second-order valence-corrected chi connectivity index (χ2v) is 7.89. The van der Waals surface area contributed by atoms with E-state index in [9.17, 15) is 9.59 Å². The zero-order valence-corrected chi connectivity index (χ0v) is 17.7. The summed E-state index contributed by atoms with van der Waals surface area (Å²) in [6, 6.07) is 17.1. The van der Waals surface area contributed by atoms with E-state index >= 15 is 0 Å². The Balaban J connectivity index is 1.38. The van der Waals surface area contributed by atoms with Gasteiger partial charge in [-0.05, 0) is 23.6 Å². The van der Waals surface area contributed by atoms with Crippen molar-refractivity contribution in [2.75, 3.05) is 13.1 Å². The van der Waals surface area contributed by atoms with Crippen LogP contribution in [-0.2, 0) is 26.6 Å². The molecule has 0 radical (unpaired) electrons. The predicted octanol–water partition coefficient (Wildman–Crippen LogP) is 2.15. The number of fused-ring (bicyclic) bond motifs is 2. The lowest BCUT2D eigenvalue weighted by Gasteiger charge is -2.28. The smallest absolute Gasteiger partial charge is 0.331 e. The topological polar surface area (TPSA) is 73.3 Å². The average molecular weight is 426 g/mol. The summed E-state index contributed by atoms with van der Waals surface area (Å²) in [5.41, 5.74) is 3.39. The fourth-order valence-corrected chi connectivity index (χ4v) is 4.11. The van der Waals surface area contributed by atoms with Crippen LogP contribution in [0.25, 0.3) is 11.1 Å². The van der Waals surface area contributed by atoms with Gasteiger partial charge in [0.15, 0.2) is 5.58 Å². The molecule has 7 nitrogen and oxygen atoms in total. The number of rotatable bonds is 3. The van der Waals surface area contributed by atoms with Gasteiger partial charge in [-0.25, -0.2) is 9.78 Å². The van der Waals surface area contributed by atoms with Crippen LogP contribution in [0.3, 0.4) is 0 Å². The second-order valence-electron chi connectivity index (χ2n) is 7.89. The minimum atomic E-state index is -0.276. The molecule has 5 rings (SSSR count). The number of hydrogen-bond donors (Lipinski definition) is 0. The molecule has 7 heteroatoms. The van der Waals surface area contributed by atoms with Crippen molar-refractivity contribution >= 4 is 11.1 Å². The van der Waals surface area contributed by atoms with Gasteiger partial charge in [-0.3, -0.25) is 14.3 Å². The van der Waals surface area contributed by atoms with Gasteiger partial charge in [0.1, 0.15) is 5.52 Å². The number of nitrogens with zero attached hydrogens (tertiary/aromatic N) is 4. The van der Waals surface area contributed by atoms with E-state index in [1.54, 1.807) is 11.6 Å². The van der Waals surface area contributed by atoms with Crippen LogP contribution in [0.5, 0.6) is 0 Å². The summed E-state index contributed by atoms with van der Waals surface area (Å²) in [6.45, 7) is 1.93. The Labute approximate surface area is 184 Å². The zero-order chi connectivity index (χ0) is 22.1. The molecule has 0 fully saturated rings. The number of benzene rings is 2. The predicted molar refractivity (Wildman–Crippen MR) is 121 cm³/mol. The molecule has 0 aliphatic carbocycles. The van der Waals surface area contributed by atoms with E-state index < -0.39 is 0 Å². The largest absolute Gasteiger partial charge is 0.430 e. The fraction of sp³-hybridized carbons (Fsp3) is 0.240. The van der Waals surface area contributed by atoms with Crippen molar-refractivity contribution in [3.05, 3.63) is 98.1 Å². The Hall–Kier alpha value is -3.89. The minimum Gasteiger partial charge on any atom is -0.430 e. The molecule has 0 amide bonds. The number of aromatic nitrogens is 3. The molecular formula is C25H22N4O3. The van der Waals surface area contributed by atoms with E-state index in [1.807, 2.05) is 54.6 Å². The molecule has 0 N–H and O–H groups in total. The zero-order valence-electron chi connectivity index (χ0n) is 17.7. The summed E-state index contributed by atoms with van der Waals surface area (Å²) in [5.74, 6) is 6.47. The lowest BCUT2D eigenvalue weighted by molar-refractivity contribution is 0.275. The Morgan fingerprint density at radius 1 is 1.06 bits per heavy atom. The molecule has 0 unspecified atom stereocenters. The molecule has 4 aromatic rings. The molecule has 32 heavy (non-hydrogen) atoms. The van der Waals surface area contributed by atoms with Crippen molar-refractivity contribution in [3.63, 3.8) is 0 Å². The van der Waals surface area contributed by atoms with Gasteiger partial charge in [-0.1, -0.05) is 48.4 Å². The normalized spacial score (nSPS) is 13.5. The van der Waals surface area contributed by atoms with Gasteiger partial charge in [0.2, 0.25) is 0 Å². The Kier molecular flexibility index (Phi) is 5.21. The van der Waals surface area contributed by atoms with Gasteiger partial charge in [-0.15, -0.1) is 0 Å². The third-order valence-corrected chi connectivity index (χ3v) is 5.80. The van der Waals surface area contributed by atoms with Crippen LogP contribution < -0.4 is 11.2 Å². The summed E-state index contributed by atoms with van der Waals surface area (Å²) in [5, 5.41) is 0. The lowest BCUT2D eigenvalue weighted by atomic mass is 10.1. The summed E-state index contributed by atoms with van der Waals surface area (Å²) >= 11 is 0. The number of para-hydroxylation sites is 2. The Morgan fingerprint density at radius 3 is 2.66 bits per heavy atom. The van der Waals surface area contributed by atoms with Crippen LogP contribution in [0.2, 0.25) is 0 Å². The second kappa shape index (κ2) is 8.33. The van der Waals surface area contributed by atoms with Crippen LogP contribution in [-0.4, -0.2) is 32.1 Å². The minimum absolute atomic E-state index is 0.219. The Morgan fingerprint density at radius 2 is 1.84 bits per heavy atom. The highest BCUT2D eigenvalue weighted by Gasteiger charge is 2.23. The lowest BCUT2D eigenvalue weighted by Crippen LogP contribution is -2.47. The molecule has 2 aromatic carbocycles. The first-order valence-corrected chi connectivity index (χ1v) is 10.5. The van der Waals surface area contributed by atoms with Gasteiger partial charge in [0, 0.05) is 32.3 Å². The highest BCUT2D eigenvalue weighted by Crippen LogP contribution is 2.15. The van der Waals surface area contributed by atoms with Crippen LogP contribution in [0, 0.1) is 11.8 Å². The molecule has 0 saturated carbocycles. The van der Waals surface area contributed by atoms with Gasteiger partial charge < -0.3 is 8.98 Å². The fourth-order valence-electron chi connectivity index (χ4n) is 4.11. The van der Waals surface area contributed by atoms with Gasteiger partial charge in [0.05, 0.1) is 18.7 Å². The van der Waals surface area contributed by atoms with Gasteiger partial charge >= 0.3 is 5.69 Å². The van der Waals surface area contributed by atoms with E-state index in [0.29, 0.717) is 36.5 Å². The van der Waals surface area contributed by atoms with Crippen LogP contribution in [0.4, 0.5) is 0 Å². The van der Waals surface area contributed by atoms with Crippen molar-refractivity contribution in [1.82, 2.24) is 19.0 Å². The third-order valence-electron chi connectivity index (χ3n) is 5.80. The van der Waals surface area contributed by atoms with Gasteiger partial charge in [-0.2, -0.15) is 0 Å². The molecule has 0 bridgehead atoms. The molecule has 0 atom stereocenters. The number of hydrogen-bond acceptors (Lipinski definition) is 5. The van der Waals surface area contributed by atoms with Crippen LogP contribution in [0.15, 0.2) is 68.6 Å². The van der Waals surface area contributed by atoms with Crippen LogP contribution in [0.1, 0.15) is 22.7 Å². The average Bonchev–Trinajstić information content (AvgIpc) is 3.24. The van der Waals surface area contributed by atoms with E-state index in [2.05, 4.69) is 21.7 Å². The standard InChI is InChI=1S/C25H22N4O3/c1-27-21-13-15-28(14-7-12-23-26-20-10-5-6-11-22(20)32-23)17-19(21)24(30)29(25(27)31)16-18-8-3-2-4-9-18/h2-6,8-11H,13-17H2,1H3. The monoisotopic (exact) mass is 426 g/mol. The highest BCUT2D eigenvalue weighted by molar-refractivity contribution is 5.72. The maximum Gasteiger partial charge on any atom is 0.331 e. The van der Waals surface area contributed by atoms with E-state index in [4.69, 9.17) is 4.42 Å². The molecule has 160 valence electrons. The van der Waals surface area contributed by atoms with Crippen molar-refractivity contribution in [1.29, 1.82) is 0 Å². The molecular weight excluding hydrogens is 404 g/mol. The van der Waals surface area contributed by atoms with E-state index in [-0.39, 0.29) is 17.8 Å². The van der Waals surface area contributed by atoms with E-state index in [0.717, 1.165) is 23.3 Å². The van der Waals surface area contributed by atoms with Crippen LogP contribution >= 0.6 is 0 Å². The Bertz CT molecular complexity index is 1440. The first-order chi connectivity index (χ1) is 15.6. The summed E-state index contributed by atoms with van der Waals surface area (Å²) < 4.78 is 8.57. The molecule has 3 heterocycles. The third kappa shape index (κ3) is 3.77. The highest BCUT2D eigenvalue weighted by atomic mass is 16.3. The van der Waals surface area contributed by atoms with Gasteiger partial charge in [0.25, 0.3) is 11.4 Å². The summed E-state index contributed by atoms with van der Waals surface area (Å²) in [6.07, 6.45) is 0.632. The SMILES string of the molecule is Cn1c2c(c(=O)n(Cc3ccccc3)c1=O)CN(CC#Cc1nc3ccccc3o1)CC2. The van der Waals surface area contributed by atoms with Crippen molar-refractivity contribution in [2.24, 2.45) is 7.05 Å². The first-order valence-electron chi connectivity index (χ1n) is 10.5. The maximum atomic E-state index is 13.2. The van der Waals surface area contributed by atoms with E-state index in [1.165, 1.54) is 4.57 Å². The first kappa shape index (κ1) is 20.0. The molecule has 1 aliphatic rings.